The molecular weight excluding hydrogens is 432 g/mol. The Labute approximate surface area is 184 Å². The predicted molar refractivity (Wildman–Crippen MR) is 122 cm³/mol. The smallest absolute Gasteiger partial charge is 0.293 e. The standard InChI is InChI=1S/C23H22N2O4S2/c1-2-3-7-16-10-12-19-21(14-16)30-23(24-19)25-22(26)20-13-11-17(29-20)15-31(27,28)18-8-5-4-6-9-18/h4-6,8-14H,2-3,7,15H2,1H3,(H,24,25,26). The van der Waals surface area contributed by atoms with Crippen LogP contribution >= 0.6 is 11.3 Å². The Kier molecular flexibility index (Phi) is 6.20. The number of hydrogen-bond donors (Lipinski definition) is 1. The Bertz CT molecular complexity index is 1310. The quantitative estimate of drug-likeness (QED) is 0.382. The molecule has 0 saturated carbocycles. The van der Waals surface area contributed by atoms with Crippen molar-refractivity contribution in [3.8, 4) is 0 Å². The fourth-order valence-corrected chi connectivity index (χ4v) is 5.39. The summed E-state index contributed by atoms with van der Waals surface area (Å²) in [7, 11) is -3.55. The number of unbranched alkanes of at least 4 members (excludes halogenated alkanes) is 1. The summed E-state index contributed by atoms with van der Waals surface area (Å²) in [5.74, 6) is -0.528. The molecule has 2 aromatic carbocycles. The van der Waals surface area contributed by atoms with Crippen molar-refractivity contribution in [1.29, 1.82) is 0 Å². The number of carbonyl (C=O) groups is 1. The van der Waals surface area contributed by atoms with Crippen molar-refractivity contribution >= 4 is 42.4 Å². The lowest BCUT2D eigenvalue weighted by molar-refractivity contribution is 0.0995. The summed E-state index contributed by atoms with van der Waals surface area (Å²) in [4.78, 5) is 17.2. The molecule has 6 nitrogen and oxygen atoms in total. The largest absolute Gasteiger partial charge is 0.455 e. The summed E-state index contributed by atoms with van der Waals surface area (Å²) in [6, 6.07) is 17.3. The average Bonchev–Trinajstić information content (AvgIpc) is 3.38. The Morgan fingerprint density at radius 3 is 2.68 bits per heavy atom. The number of rotatable bonds is 8. The van der Waals surface area contributed by atoms with Gasteiger partial charge >= 0.3 is 0 Å². The maximum Gasteiger partial charge on any atom is 0.293 e. The molecule has 0 saturated heterocycles. The van der Waals surface area contributed by atoms with Gasteiger partial charge in [0, 0.05) is 0 Å². The van der Waals surface area contributed by atoms with Gasteiger partial charge in [-0.05, 0) is 54.8 Å². The first-order valence-electron chi connectivity index (χ1n) is 10.0. The third-order valence-electron chi connectivity index (χ3n) is 4.81. The number of carbonyl (C=O) groups excluding carboxylic acids is 1. The summed E-state index contributed by atoms with van der Waals surface area (Å²) in [6.07, 6.45) is 3.29. The number of thiazole rings is 1. The van der Waals surface area contributed by atoms with Crippen molar-refractivity contribution in [2.24, 2.45) is 0 Å². The summed E-state index contributed by atoms with van der Waals surface area (Å²) >= 11 is 1.40. The minimum absolute atomic E-state index is 0.0427. The van der Waals surface area contributed by atoms with Crippen LogP contribution in [0.4, 0.5) is 5.13 Å². The number of nitrogens with zero attached hydrogens (tertiary/aromatic N) is 1. The van der Waals surface area contributed by atoms with Gasteiger partial charge in [-0.3, -0.25) is 10.1 Å². The molecule has 0 radical (unpaired) electrons. The third kappa shape index (κ3) is 5.03. The maximum atomic E-state index is 12.6. The third-order valence-corrected chi connectivity index (χ3v) is 7.40. The molecule has 4 rings (SSSR count). The topological polar surface area (TPSA) is 89.3 Å². The molecule has 0 aliphatic heterocycles. The van der Waals surface area contributed by atoms with Gasteiger partial charge in [0.2, 0.25) is 0 Å². The molecular formula is C23H22N2O4S2. The second-order valence-electron chi connectivity index (χ2n) is 7.22. The van der Waals surface area contributed by atoms with E-state index in [2.05, 4.69) is 29.4 Å². The highest BCUT2D eigenvalue weighted by molar-refractivity contribution is 7.90. The summed E-state index contributed by atoms with van der Waals surface area (Å²) in [6.45, 7) is 2.16. The molecule has 0 unspecified atom stereocenters. The SMILES string of the molecule is CCCCc1ccc2nc(NC(=O)c3ccc(CS(=O)(=O)c4ccccc4)o3)sc2c1. The van der Waals surface area contributed by atoms with E-state index >= 15 is 0 Å². The van der Waals surface area contributed by atoms with Gasteiger partial charge in [0.15, 0.2) is 20.7 Å². The van der Waals surface area contributed by atoms with Crippen LogP contribution in [0.5, 0.6) is 0 Å². The van der Waals surface area contributed by atoms with Crippen molar-refractivity contribution in [2.45, 2.75) is 36.8 Å². The molecule has 0 atom stereocenters. The highest BCUT2D eigenvalue weighted by atomic mass is 32.2. The zero-order chi connectivity index (χ0) is 21.8. The Hall–Kier alpha value is -2.97. The lowest BCUT2D eigenvalue weighted by Crippen LogP contribution is -2.10. The molecule has 0 fully saturated rings. The van der Waals surface area contributed by atoms with Gasteiger partial charge < -0.3 is 4.42 Å². The second kappa shape index (κ2) is 9.03. The number of amides is 1. The van der Waals surface area contributed by atoms with Crippen LogP contribution in [0.2, 0.25) is 0 Å². The summed E-state index contributed by atoms with van der Waals surface area (Å²) < 4.78 is 31.5. The van der Waals surface area contributed by atoms with Gasteiger partial charge in [-0.2, -0.15) is 0 Å². The van der Waals surface area contributed by atoms with Gasteiger partial charge in [-0.15, -0.1) is 0 Å². The van der Waals surface area contributed by atoms with Gasteiger partial charge in [0.25, 0.3) is 5.91 Å². The van der Waals surface area contributed by atoms with Gasteiger partial charge in [0.05, 0.1) is 15.1 Å². The molecule has 0 aliphatic carbocycles. The van der Waals surface area contributed by atoms with Crippen molar-refractivity contribution in [2.75, 3.05) is 5.32 Å². The number of fused-ring (bicyclic) bond motifs is 1. The van der Waals surface area contributed by atoms with E-state index in [1.54, 1.807) is 18.2 Å². The number of aryl methyl sites for hydroxylation is 1. The molecule has 160 valence electrons. The first kappa shape index (κ1) is 21.3. The molecule has 0 spiro atoms. The molecule has 1 amide bonds. The molecule has 31 heavy (non-hydrogen) atoms. The fourth-order valence-electron chi connectivity index (χ4n) is 3.19. The predicted octanol–water partition coefficient (Wildman–Crippen LogP) is 5.46. The summed E-state index contributed by atoms with van der Waals surface area (Å²) in [5, 5.41) is 3.22. The van der Waals surface area contributed by atoms with E-state index < -0.39 is 15.7 Å². The number of aromatic nitrogens is 1. The first-order chi connectivity index (χ1) is 14.9. The normalized spacial score (nSPS) is 11.6. The lowest BCUT2D eigenvalue weighted by atomic mass is 10.1. The molecule has 8 heteroatoms. The number of hydrogen-bond acceptors (Lipinski definition) is 6. The van der Waals surface area contributed by atoms with E-state index in [0.29, 0.717) is 5.13 Å². The second-order valence-corrected chi connectivity index (χ2v) is 10.2. The van der Waals surface area contributed by atoms with Crippen LogP contribution in [0, 0.1) is 0 Å². The fraction of sp³-hybridized carbons (Fsp3) is 0.217. The number of anilines is 1. The van der Waals surface area contributed by atoms with Crippen molar-refractivity contribution in [3.63, 3.8) is 0 Å². The Morgan fingerprint density at radius 1 is 1.10 bits per heavy atom. The molecule has 4 aromatic rings. The zero-order valence-corrected chi connectivity index (χ0v) is 18.6. The minimum Gasteiger partial charge on any atom is -0.455 e. The average molecular weight is 455 g/mol. The lowest BCUT2D eigenvalue weighted by Gasteiger charge is -2.02. The van der Waals surface area contributed by atoms with E-state index in [0.717, 1.165) is 29.5 Å². The van der Waals surface area contributed by atoms with E-state index in [9.17, 15) is 13.2 Å². The van der Waals surface area contributed by atoms with Crippen LogP contribution in [0.25, 0.3) is 10.2 Å². The van der Waals surface area contributed by atoms with Gasteiger partial charge in [-0.1, -0.05) is 48.9 Å². The molecule has 0 bridgehead atoms. The van der Waals surface area contributed by atoms with E-state index in [4.69, 9.17) is 4.42 Å². The van der Waals surface area contributed by atoms with E-state index in [1.807, 2.05) is 6.07 Å². The Balaban J connectivity index is 1.45. The van der Waals surface area contributed by atoms with E-state index in [1.165, 1.54) is 41.2 Å². The van der Waals surface area contributed by atoms with Crippen LogP contribution in [0.1, 0.15) is 41.6 Å². The van der Waals surface area contributed by atoms with Crippen molar-refractivity contribution in [1.82, 2.24) is 4.98 Å². The van der Waals surface area contributed by atoms with Gasteiger partial charge in [0.1, 0.15) is 11.5 Å². The molecule has 2 aromatic heterocycles. The van der Waals surface area contributed by atoms with Crippen LogP contribution in [-0.2, 0) is 22.0 Å². The van der Waals surface area contributed by atoms with Crippen LogP contribution < -0.4 is 5.32 Å². The van der Waals surface area contributed by atoms with Crippen LogP contribution in [-0.4, -0.2) is 19.3 Å². The molecule has 0 aliphatic rings. The van der Waals surface area contributed by atoms with Gasteiger partial charge in [-0.25, -0.2) is 13.4 Å². The van der Waals surface area contributed by atoms with E-state index in [-0.39, 0.29) is 22.2 Å². The molecule has 1 N–H and O–H groups in total. The number of benzene rings is 2. The van der Waals surface area contributed by atoms with Crippen LogP contribution in [0.15, 0.2) is 70.0 Å². The number of nitrogens with one attached hydrogen (secondary N) is 1. The van der Waals surface area contributed by atoms with Crippen molar-refractivity contribution in [3.05, 3.63) is 77.7 Å². The molecule has 2 heterocycles. The van der Waals surface area contributed by atoms with Crippen LogP contribution in [0.3, 0.4) is 0 Å². The summed E-state index contributed by atoms with van der Waals surface area (Å²) in [5.41, 5.74) is 2.08. The first-order valence-corrected chi connectivity index (χ1v) is 12.5. The zero-order valence-electron chi connectivity index (χ0n) is 17.0. The maximum absolute atomic E-state index is 12.6. The Morgan fingerprint density at radius 2 is 1.90 bits per heavy atom. The van der Waals surface area contributed by atoms with Crippen molar-refractivity contribution < 1.29 is 17.6 Å². The number of sulfone groups is 1. The highest BCUT2D eigenvalue weighted by Gasteiger charge is 2.20. The monoisotopic (exact) mass is 454 g/mol. The minimum atomic E-state index is -3.55. The highest BCUT2D eigenvalue weighted by Crippen LogP contribution is 2.28. The number of furan rings is 1.